The lowest BCUT2D eigenvalue weighted by Gasteiger charge is -2.11. The summed E-state index contributed by atoms with van der Waals surface area (Å²) in [6.45, 7) is -0.647. The van der Waals surface area contributed by atoms with Gasteiger partial charge in [0.15, 0.2) is 0 Å². The highest BCUT2D eigenvalue weighted by Crippen LogP contribution is 1.97. The van der Waals surface area contributed by atoms with Gasteiger partial charge in [0.2, 0.25) is 0 Å². The maximum atomic E-state index is 10.6. The normalized spacial score (nSPS) is 11.8. The van der Waals surface area contributed by atoms with E-state index in [4.69, 9.17) is 15.3 Å². The van der Waals surface area contributed by atoms with E-state index < -0.39 is 36.3 Å². The number of aliphatic carboxylic acids is 3. The van der Waals surface area contributed by atoms with E-state index in [1.165, 1.54) is 0 Å². The highest BCUT2D eigenvalue weighted by Gasteiger charge is 2.20. The topological polar surface area (TPSA) is 141 Å². The molecule has 1 atom stereocenters. The van der Waals surface area contributed by atoms with Gasteiger partial charge in [-0.1, -0.05) is 0 Å². The highest BCUT2D eigenvalue weighted by atomic mass is 16.4. The van der Waals surface area contributed by atoms with Crippen molar-refractivity contribution in [3.8, 4) is 0 Å². The first kappa shape index (κ1) is 14.0. The Kier molecular flexibility index (Phi) is 5.71. The van der Waals surface area contributed by atoms with Crippen LogP contribution in [0.5, 0.6) is 0 Å². The van der Waals surface area contributed by atoms with Gasteiger partial charge >= 0.3 is 17.9 Å². The van der Waals surface area contributed by atoms with Gasteiger partial charge in [0.1, 0.15) is 6.04 Å². The number of carbonyl (C=O) groups excluding carboxylic acids is 1. The number of carbonyl (C=O) groups is 4. The molecule has 0 aromatic rings. The van der Waals surface area contributed by atoms with Crippen molar-refractivity contribution in [2.75, 3.05) is 6.54 Å². The maximum Gasteiger partial charge on any atom is 0.373 e. The average Bonchev–Trinajstić information content (AvgIpc) is 2.15. The summed E-state index contributed by atoms with van der Waals surface area (Å²) in [7, 11) is 0. The zero-order valence-corrected chi connectivity index (χ0v) is 8.17. The molecule has 8 nitrogen and oxygen atoms in total. The Hall–Kier alpha value is -1.96. The lowest BCUT2D eigenvalue weighted by molar-refractivity contribution is -0.149. The summed E-state index contributed by atoms with van der Waals surface area (Å²) in [6, 6.07) is -1.25. The van der Waals surface area contributed by atoms with Crippen molar-refractivity contribution in [3.63, 3.8) is 0 Å². The van der Waals surface area contributed by atoms with Crippen LogP contribution in [-0.4, -0.2) is 51.6 Å². The summed E-state index contributed by atoms with van der Waals surface area (Å²) >= 11 is 0. The van der Waals surface area contributed by atoms with E-state index in [-0.39, 0.29) is 12.8 Å². The molecule has 0 radical (unpaired) electrons. The first-order chi connectivity index (χ1) is 7.34. The third kappa shape index (κ3) is 5.70. The molecule has 0 fully saturated rings. The van der Waals surface area contributed by atoms with Gasteiger partial charge in [0, 0.05) is 6.42 Å². The Balaban J connectivity index is 4.14. The molecule has 0 heterocycles. The van der Waals surface area contributed by atoms with Gasteiger partial charge in [0.05, 0.1) is 6.54 Å². The van der Waals surface area contributed by atoms with Crippen molar-refractivity contribution < 1.29 is 34.5 Å². The van der Waals surface area contributed by atoms with Crippen LogP contribution in [-0.2, 0) is 19.2 Å². The summed E-state index contributed by atoms with van der Waals surface area (Å²) in [5, 5.41) is 27.3. The minimum absolute atomic E-state index is 0.225. The molecule has 0 unspecified atom stereocenters. The van der Waals surface area contributed by atoms with Crippen LogP contribution in [0.25, 0.3) is 0 Å². The smallest absolute Gasteiger partial charge is 0.373 e. The molecule has 0 bridgehead atoms. The van der Waals surface area contributed by atoms with E-state index >= 15 is 0 Å². The predicted molar refractivity (Wildman–Crippen MR) is 48.9 cm³/mol. The second-order valence-electron chi connectivity index (χ2n) is 2.93. The van der Waals surface area contributed by atoms with Crippen molar-refractivity contribution >= 4 is 23.7 Å². The standard InChI is InChI=1S/C8H11NO7/c10-5(8(15)16)3-9-4(7(13)14)1-2-6(11)12/h4,9H,1-3H2,(H,11,12)(H,13,14)(H,15,16)/t4-/m1/s1. The molecule has 16 heavy (non-hydrogen) atoms. The minimum Gasteiger partial charge on any atom is -0.481 e. The molecule has 0 spiro atoms. The zero-order valence-electron chi connectivity index (χ0n) is 8.17. The molecule has 0 aromatic heterocycles. The SMILES string of the molecule is O=C(O)CC[C@@H](NCC(=O)C(=O)O)C(=O)O. The van der Waals surface area contributed by atoms with Crippen LogP contribution in [0.3, 0.4) is 0 Å². The maximum absolute atomic E-state index is 10.6. The van der Waals surface area contributed by atoms with Gasteiger partial charge in [-0.25, -0.2) is 4.79 Å². The molecule has 90 valence electrons. The molecule has 0 aliphatic heterocycles. The van der Waals surface area contributed by atoms with Crippen LogP contribution in [0, 0.1) is 0 Å². The first-order valence-electron chi connectivity index (χ1n) is 4.28. The number of carboxylic acids is 3. The first-order valence-corrected chi connectivity index (χ1v) is 4.28. The molecule has 0 saturated heterocycles. The molecular formula is C8H11NO7. The average molecular weight is 233 g/mol. The van der Waals surface area contributed by atoms with Crippen molar-refractivity contribution in [3.05, 3.63) is 0 Å². The molecule has 0 aromatic carbocycles. The van der Waals surface area contributed by atoms with E-state index in [0.29, 0.717) is 0 Å². The van der Waals surface area contributed by atoms with Crippen LogP contribution >= 0.6 is 0 Å². The fourth-order valence-electron chi connectivity index (χ4n) is 0.872. The van der Waals surface area contributed by atoms with Crippen LogP contribution in [0.15, 0.2) is 0 Å². The highest BCUT2D eigenvalue weighted by molar-refractivity contribution is 6.33. The van der Waals surface area contributed by atoms with E-state index in [1.54, 1.807) is 0 Å². The molecule has 0 aliphatic rings. The number of ketones is 1. The van der Waals surface area contributed by atoms with Crippen molar-refractivity contribution in [1.29, 1.82) is 0 Å². The fourth-order valence-corrected chi connectivity index (χ4v) is 0.872. The lowest BCUT2D eigenvalue weighted by atomic mass is 10.1. The number of hydrogen-bond acceptors (Lipinski definition) is 5. The zero-order chi connectivity index (χ0) is 12.7. The molecule has 0 saturated carbocycles. The Morgan fingerprint density at radius 2 is 1.62 bits per heavy atom. The summed E-state index contributed by atoms with van der Waals surface area (Å²) < 4.78 is 0. The Morgan fingerprint density at radius 1 is 1.06 bits per heavy atom. The van der Waals surface area contributed by atoms with Gasteiger partial charge in [0.25, 0.3) is 5.78 Å². The van der Waals surface area contributed by atoms with Gasteiger partial charge in [-0.3, -0.25) is 19.7 Å². The Bertz CT molecular complexity index is 312. The monoisotopic (exact) mass is 233 g/mol. The number of Topliss-reactive ketones (excluding diaryl/α,β-unsaturated/α-hetero) is 1. The van der Waals surface area contributed by atoms with Crippen LogP contribution in [0.2, 0.25) is 0 Å². The minimum atomic E-state index is -1.67. The third-order valence-corrected chi connectivity index (χ3v) is 1.69. The van der Waals surface area contributed by atoms with Crippen LogP contribution in [0.1, 0.15) is 12.8 Å². The number of rotatable bonds is 8. The fraction of sp³-hybridized carbons (Fsp3) is 0.500. The predicted octanol–water partition coefficient (Wildman–Crippen LogP) is -1.45. The molecule has 0 rings (SSSR count). The molecular weight excluding hydrogens is 222 g/mol. The van der Waals surface area contributed by atoms with Crippen LogP contribution < -0.4 is 5.32 Å². The molecule has 4 N–H and O–H groups in total. The summed E-state index contributed by atoms with van der Waals surface area (Å²) in [4.78, 5) is 41.5. The van der Waals surface area contributed by atoms with Crippen molar-refractivity contribution in [1.82, 2.24) is 5.32 Å². The van der Waals surface area contributed by atoms with E-state index in [9.17, 15) is 19.2 Å². The number of nitrogens with one attached hydrogen (secondary N) is 1. The second kappa shape index (κ2) is 6.51. The van der Waals surface area contributed by atoms with Crippen molar-refractivity contribution in [2.24, 2.45) is 0 Å². The van der Waals surface area contributed by atoms with E-state index in [0.717, 1.165) is 0 Å². The van der Waals surface area contributed by atoms with Crippen LogP contribution in [0.4, 0.5) is 0 Å². The lowest BCUT2D eigenvalue weighted by Crippen LogP contribution is -2.41. The molecule has 0 amide bonds. The van der Waals surface area contributed by atoms with Gasteiger partial charge < -0.3 is 15.3 Å². The molecule has 0 aliphatic carbocycles. The summed E-state index contributed by atoms with van der Waals surface area (Å²) in [5.41, 5.74) is 0. The Morgan fingerprint density at radius 3 is 2.00 bits per heavy atom. The second-order valence-corrected chi connectivity index (χ2v) is 2.93. The largest absolute Gasteiger partial charge is 0.481 e. The van der Waals surface area contributed by atoms with Gasteiger partial charge in [-0.2, -0.15) is 0 Å². The number of carboxylic acid groups (broad SMARTS) is 3. The van der Waals surface area contributed by atoms with E-state index in [1.807, 2.05) is 0 Å². The molecule has 8 heteroatoms. The summed E-state index contributed by atoms with van der Waals surface area (Å²) in [5.74, 6) is -5.35. The van der Waals surface area contributed by atoms with Gasteiger partial charge in [-0.15, -0.1) is 0 Å². The van der Waals surface area contributed by atoms with Gasteiger partial charge in [-0.05, 0) is 6.42 Å². The van der Waals surface area contributed by atoms with Crippen molar-refractivity contribution in [2.45, 2.75) is 18.9 Å². The third-order valence-electron chi connectivity index (χ3n) is 1.69. The Labute approximate surface area is 89.9 Å². The van der Waals surface area contributed by atoms with E-state index in [2.05, 4.69) is 5.32 Å². The quantitative estimate of drug-likeness (QED) is 0.373. The summed E-state index contributed by atoms with van der Waals surface area (Å²) in [6.07, 6.45) is -0.608. The number of hydrogen-bond donors (Lipinski definition) is 4.